The van der Waals surface area contributed by atoms with E-state index in [1.165, 1.54) is 25.7 Å². The monoisotopic (exact) mass is 304 g/mol. The summed E-state index contributed by atoms with van der Waals surface area (Å²) in [6.45, 7) is 0. The zero-order chi connectivity index (χ0) is 14.7. The Labute approximate surface area is 130 Å². The molecule has 3 rings (SSSR count). The fraction of sp³-hybridized carbons (Fsp3) is 0.438. The molecule has 0 amide bonds. The third-order valence-corrected chi connectivity index (χ3v) is 4.46. The Morgan fingerprint density at radius 2 is 2.14 bits per heavy atom. The molecule has 1 heterocycles. The van der Waals surface area contributed by atoms with E-state index in [1.54, 1.807) is 0 Å². The van der Waals surface area contributed by atoms with Crippen LogP contribution in [0.5, 0.6) is 0 Å². The van der Waals surface area contributed by atoms with Crippen LogP contribution in [-0.2, 0) is 6.42 Å². The highest BCUT2D eigenvalue weighted by molar-refractivity contribution is 6.30. The van der Waals surface area contributed by atoms with E-state index in [4.69, 9.17) is 22.5 Å². The number of rotatable bonds is 5. The van der Waals surface area contributed by atoms with Gasteiger partial charge in [-0.2, -0.15) is 5.10 Å². The average Bonchev–Trinajstić information content (AvgIpc) is 3.15. The predicted molar refractivity (Wildman–Crippen MR) is 85.0 cm³/mol. The fourth-order valence-electron chi connectivity index (χ4n) is 3.06. The molecule has 1 aliphatic carbocycles. The lowest BCUT2D eigenvalue weighted by Gasteiger charge is -2.15. The highest BCUT2D eigenvalue weighted by Gasteiger charge is 2.18. The van der Waals surface area contributed by atoms with Crippen molar-refractivity contribution in [3.63, 3.8) is 0 Å². The molecule has 0 bridgehead atoms. The van der Waals surface area contributed by atoms with Gasteiger partial charge < -0.3 is 0 Å². The van der Waals surface area contributed by atoms with E-state index < -0.39 is 0 Å². The van der Waals surface area contributed by atoms with E-state index in [0.717, 1.165) is 22.7 Å². The molecule has 1 aliphatic rings. The van der Waals surface area contributed by atoms with Gasteiger partial charge in [0.2, 0.25) is 0 Å². The number of nitrogens with zero attached hydrogens (tertiary/aromatic N) is 2. The zero-order valence-corrected chi connectivity index (χ0v) is 12.8. The molecule has 21 heavy (non-hydrogen) atoms. The van der Waals surface area contributed by atoms with Crippen molar-refractivity contribution < 1.29 is 0 Å². The molecule has 1 aromatic heterocycles. The molecule has 1 saturated carbocycles. The zero-order valence-electron chi connectivity index (χ0n) is 12.0. The van der Waals surface area contributed by atoms with Crippen LogP contribution in [0.3, 0.4) is 0 Å². The van der Waals surface area contributed by atoms with E-state index in [-0.39, 0.29) is 6.04 Å². The van der Waals surface area contributed by atoms with Gasteiger partial charge in [-0.25, -0.2) is 0 Å². The predicted octanol–water partition coefficient (Wildman–Crippen LogP) is 3.40. The van der Waals surface area contributed by atoms with Crippen LogP contribution in [-0.4, -0.2) is 9.78 Å². The highest BCUT2D eigenvalue weighted by atomic mass is 35.5. The Morgan fingerprint density at radius 1 is 1.33 bits per heavy atom. The summed E-state index contributed by atoms with van der Waals surface area (Å²) in [4.78, 5) is 0. The molecule has 1 fully saturated rings. The number of nitrogens with two attached hydrogens (primary N) is 1. The van der Waals surface area contributed by atoms with Crippen LogP contribution in [0.25, 0.3) is 0 Å². The number of hydrazine groups is 1. The van der Waals surface area contributed by atoms with Crippen LogP contribution in [0.1, 0.15) is 49.0 Å². The van der Waals surface area contributed by atoms with Crippen LogP contribution in [0.2, 0.25) is 5.02 Å². The van der Waals surface area contributed by atoms with E-state index in [0.29, 0.717) is 6.04 Å². The number of nitrogens with one attached hydrogen (secondary N) is 1. The minimum Gasteiger partial charge on any atom is -0.271 e. The van der Waals surface area contributed by atoms with Gasteiger partial charge in [0.15, 0.2) is 0 Å². The van der Waals surface area contributed by atoms with E-state index in [9.17, 15) is 0 Å². The van der Waals surface area contributed by atoms with E-state index >= 15 is 0 Å². The standard InChI is InChI=1S/C16H21ClN4/c17-13-5-3-4-12(10-13)16(19-18)11-14-8-9-21(20-14)15-6-1-2-7-15/h3-5,8-10,15-16,19H,1-2,6-7,11,18H2. The number of benzene rings is 1. The summed E-state index contributed by atoms with van der Waals surface area (Å²) in [7, 11) is 0. The summed E-state index contributed by atoms with van der Waals surface area (Å²) < 4.78 is 2.12. The second kappa shape index (κ2) is 6.60. The number of halogens is 1. The molecule has 1 atom stereocenters. The van der Waals surface area contributed by atoms with Crippen molar-refractivity contribution in [2.24, 2.45) is 5.84 Å². The van der Waals surface area contributed by atoms with Crippen molar-refractivity contribution in [1.29, 1.82) is 0 Å². The first-order chi connectivity index (χ1) is 10.3. The maximum Gasteiger partial charge on any atom is 0.0644 e. The van der Waals surface area contributed by atoms with Gasteiger partial charge in [0.25, 0.3) is 0 Å². The molecule has 4 nitrogen and oxygen atoms in total. The largest absolute Gasteiger partial charge is 0.271 e. The minimum absolute atomic E-state index is 0.0237. The minimum atomic E-state index is 0.0237. The van der Waals surface area contributed by atoms with Crippen molar-refractivity contribution in [3.05, 3.63) is 52.8 Å². The fourth-order valence-corrected chi connectivity index (χ4v) is 3.26. The number of aromatic nitrogens is 2. The molecule has 0 aliphatic heterocycles. The second-order valence-corrected chi connectivity index (χ2v) is 6.14. The molecule has 0 radical (unpaired) electrons. The van der Waals surface area contributed by atoms with Crippen molar-refractivity contribution >= 4 is 11.6 Å². The Balaban J connectivity index is 1.72. The number of hydrogen-bond donors (Lipinski definition) is 2. The van der Waals surface area contributed by atoms with Crippen LogP contribution in [0.4, 0.5) is 0 Å². The van der Waals surface area contributed by atoms with Crippen molar-refractivity contribution in [1.82, 2.24) is 15.2 Å². The lowest BCUT2D eigenvalue weighted by molar-refractivity contribution is 0.457. The smallest absolute Gasteiger partial charge is 0.0644 e. The molecule has 1 unspecified atom stereocenters. The van der Waals surface area contributed by atoms with E-state index in [2.05, 4.69) is 22.4 Å². The first-order valence-corrected chi connectivity index (χ1v) is 7.89. The molecular weight excluding hydrogens is 284 g/mol. The summed E-state index contributed by atoms with van der Waals surface area (Å²) in [5.74, 6) is 5.70. The second-order valence-electron chi connectivity index (χ2n) is 5.70. The first-order valence-electron chi connectivity index (χ1n) is 7.52. The molecule has 3 N–H and O–H groups in total. The first kappa shape index (κ1) is 14.6. The summed E-state index contributed by atoms with van der Waals surface area (Å²) in [5.41, 5.74) is 5.01. The van der Waals surface area contributed by atoms with Gasteiger partial charge in [0, 0.05) is 17.6 Å². The topological polar surface area (TPSA) is 55.9 Å². The molecule has 1 aromatic carbocycles. The van der Waals surface area contributed by atoms with Gasteiger partial charge in [0.05, 0.1) is 17.8 Å². The van der Waals surface area contributed by atoms with Crippen LogP contribution in [0, 0.1) is 0 Å². The molecular formula is C16H21ClN4. The Hall–Kier alpha value is -1.36. The van der Waals surface area contributed by atoms with Crippen LogP contribution in [0.15, 0.2) is 36.5 Å². The van der Waals surface area contributed by atoms with Gasteiger partial charge in [-0.15, -0.1) is 0 Å². The lowest BCUT2D eigenvalue weighted by Crippen LogP contribution is -2.29. The number of hydrogen-bond acceptors (Lipinski definition) is 3. The summed E-state index contributed by atoms with van der Waals surface area (Å²) >= 11 is 6.05. The summed E-state index contributed by atoms with van der Waals surface area (Å²) in [6.07, 6.45) is 7.97. The Morgan fingerprint density at radius 3 is 2.86 bits per heavy atom. The van der Waals surface area contributed by atoms with Crippen molar-refractivity contribution in [2.75, 3.05) is 0 Å². The third kappa shape index (κ3) is 3.46. The highest BCUT2D eigenvalue weighted by Crippen LogP contribution is 2.29. The Bertz CT molecular complexity index is 589. The van der Waals surface area contributed by atoms with Gasteiger partial charge in [0.1, 0.15) is 0 Å². The molecule has 2 aromatic rings. The van der Waals surface area contributed by atoms with E-state index in [1.807, 2.05) is 24.3 Å². The molecule has 112 valence electrons. The third-order valence-electron chi connectivity index (χ3n) is 4.23. The van der Waals surface area contributed by atoms with Gasteiger partial charge >= 0.3 is 0 Å². The molecule has 0 saturated heterocycles. The maximum atomic E-state index is 6.05. The van der Waals surface area contributed by atoms with Gasteiger partial charge in [-0.05, 0) is 36.6 Å². The lowest BCUT2D eigenvalue weighted by atomic mass is 10.0. The molecule has 5 heteroatoms. The summed E-state index contributed by atoms with van der Waals surface area (Å²) in [5, 5.41) is 5.44. The Kier molecular flexibility index (Phi) is 4.58. The van der Waals surface area contributed by atoms with Crippen molar-refractivity contribution in [3.8, 4) is 0 Å². The summed E-state index contributed by atoms with van der Waals surface area (Å²) in [6, 6.07) is 10.5. The van der Waals surface area contributed by atoms with Crippen molar-refractivity contribution in [2.45, 2.75) is 44.2 Å². The van der Waals surface area contributed by atoms with Gasteiger partial charge in [-0.1, -0.05) is 36.6 Å². The van der Waals surface area contributed by atoms with Gasteiger partial charge in [-0.3, -0.25) is 16.0 Å². The normalized spacial score (nSPS) is 17.2. The quantitative estimate of drug-likeness (QED) is 0.657. The average molecular weight is 305 g/mol. The SMILES string of the molecule is NNC(Cc1ccn(C2CCCC2)n1)c1cccc(Cl)c1. The van der Waals surface area contributed by atoms with Crippen LogP contribution < -0.4 is 11.3 Å². The van der Waals surface area contributed by atoms with Crippen LogP contribution >= 0.6 is 11.6 Å². The molecule has 0 spiro atoms. The maximum absolute atomic E-state index is 6.05.